The first-order valence-corrected chi connectivity index (χ1v) is 12.3. The lowest BCUT2D eigenvalue weighted by Gasteiger charge is -2.28. The molecule has 3 aromatic rings. The molecule has 1 aliphatic heterocycles. The molecule has 1 heterocycles. The van der Waals surface area contributed by atoms with E-state index in [1.165, 1.54) is 30.5 Å². The van der Waals surface area contributed by atoms with Gasteiger partial charge >= 0.3 is 0 Å². The number of rotatable bonds is 8. The maximum absolute atomic E-state index is 12.9. The molecule has 1 saturated heterocycles. The zero-order chi connectivity index (χ0) is 22.4. The molecule has 0 spiro atoms. The molecule has 2 N–H and O–H groups in total. The molecule has 4 rings (SSSR count). The first-order chi connectivity index (χ1) is 15.5. The fourth-order valence-electron chi connectivity index (χ4n) is 4.02. The third kappa shape index (κ3) is 5.36. The fourth-order valence-corrected chi connectivity index (χ4v) is 5.09. The predicted molar refractivity (Wildman–Crippen MR) is 126 cm³/mol. The van der Waals surface area contributed by atoms with Crippen molar-refractivity contribution >= 4 is 21.6 Å². The number of likely N-dealkylation sites (tertiary alicyclic amines) is 1. The van der Waals surface area contributed by atoms with E-state index in [1.807, 2.05) is 18.2 Å². The molecule has 7 heteroatoms. The fraction of sp³-hybridized carbons (Fsp3) is 0.240. The van der Waals surface area contributed by atoms with Crippen LogP contribution >= 0.6 is 0 Å². The third-order valence-electron chi connectivity index (χ3n) is 5.65. The normalized spacial score (nSPS) is 15.2. The second-order valence-electron chi connectivity index (χ2n) is 7.88. The molecule has 0 aliphatic carbocycles. The van der Waals surface area contributed by atoms with E-state index in [1.54, 1.807) is 42.5 Å². The molecular formula is C25H27N3O3S. The van der Waals surface area contributed by atoms with Crippen molar-refractivity contribution in [1.82, 2.24) is 10.2 Å². The third-order valence-corrected chi connectivity index (χ3v) is 7.05. The molecule has 0 saturated carbocycles. The number of nitrogens with one attached hydrogen (secondary N) is 2. The summed E-state index contributed by atoms with van der Waals surface area (Å²) < 4.78 is 27.7. The molecular weight excluding hydrogens is 422 g/mol. The van der Waals surface area contributed by atoms with E-state index in [9.17, 15) is 13.2 Å². The number of hydrogen-bond donors (Lipinski definition) is 2. The van der Waals surface area contributed by atoms with Gasteiger partial charge in [-0.1, -0.05) is 54.6 Å². The molecule has 32 heavy (non-hydrogen) atoms. The van der Waals surface area contributed by atoms with E-state index >= 15 is 0 Å². The average molecular weight is 450 g/mol. The van der Waals surface area contributed by atoms with Crippen molar-refractivity contribution in [3.63, 3.8) is 0 Å². The minimum Gasteiger partial charge on any atom is -0.350 e. The van der Waals surface area contributed by atoms with Gasteiger partial charge in [0.25, 0.3) is 15.9 Å². The summed E-state index contributed by atoms with van der Waals surface area (Å²) in [5.41, 5.74) is 1.94. The summed E-state index contributed by atoms with van der Waals surface area (Å²) in [5, 5.41) is 3.04. The van der Waals surface area contributed by atoms with Crippen LogP contribution in [-0.2, 0) is 10.0 Å². The van der Waals surface area contributed by atoms with E-state index < -0.39 is 10.0 Å². The summed E-state index contributed by atoms with van der Waals surface area (Å²) in [6.45, 7) is 2.53. The smallest absolute Gasteiger partial charge is 0.261 e. The second-order valence-corrected chi connectivity index (χ2v) is 9.56. The topological polar surface area (TPSA) is 78.5 Å². The molecule has 1 amide bonds. The molecule has 1 fully saturated rings. The zero-order valence-corrected chi connectivity index (χ0v) is 18.6. The van der Waals surface area contributed by atoms with Crippen molar-refractivity contribution in [3.05, 3.63) is 96.1 Å². The second kappa shape index (κ2) is 9.97. The van der Waals surface area contributed by atoms with Gasteiger partial charge < -0.3 is 5.32 Å². The zero-order valence-electron chi connectivity index (χ0n) is 17.8. The Morgan fingerprint density at radius 2 is 1.53 bits per heavy atom. The molecule has 3 aromatic carbocycles. The number of nitrogens with zero attached hydrogens (tertiary/aromatic N) is 1. The summed E-state index contributed by atoms with van der Waals surface area (Å²) in [5.74, 6) is -0.231. The van der Waals surface area contributed by atoms with Crippen molar-refractivity contribution in [2.24, 2.45) is 0 Å². The summed E-state index contributed by atoms with van der Waals surface area (Å²) in [6.07, 6.45) is 2.34. The Morgan fingerprint density at radius 1 is 0.875 bits per heavy atom. The highest BCUT2D eigenvalue weighted by Crippen LogP contribution is 2.24. The Balaban J connectivity index is 1.45. The van der Waals surface area contributed by atoms with Crippen molar-refractivity contribution in [2.45, 2.75) is 23.8 Å². The monoisotopic (exact) mass is 449 g/mol. The minimum atomic E-state index is -3.72. The Bertz CT molecular complexity index is 1150. The highest BCUT2D eigenvalue weighted by atomic mass is 32.2. The van der Waals surface area contributed by atoms with Crippen LogP contribution in [0.15, 0.2) is 89.8 Å². The van der Waals surface area contributed by atoms with E-state index in [2.05, 4.69) is 27.1 Å². The highest BCUT2D eigenvalue weighted by molar-refractivity contribution is 7.92. The van der Waals surface area contributed by atoms with E-state index in [-0.39, 0.29) is 16.8 Å². The quantitative estimate of drug-likeness (QED) is 0.544. The lowest BCUT2D eigenvalue weighted by atomic mass is 10.1. The summed E-state index contributed by atoms with van der Waals surface area (Å²) in [4.78, 5) is 15.5. The van der Waals surface area contributed by atoms with Gasteiger partial charge in [-0.25, -0.2) is 8.42 Å². The average Bonchev–Trinajstić information content (AvgIpc) is 3.35. The number of carbonyl (C=O) groups excluding carboxylic acids is 1. The van der Waals surface area contributed by atoms with Crippen LogP contribution in [0.4, 0.5) is 5.69 Å². The van der Waals surface area contributed by atoms with Crippen molar-refractivity contribution in [3.8, 4) is 0 Å². The van der Waals surface area contributed by atoms with Crippen LogP contribution in [0.1, 0.15) is 34.8 Å². The maximum Gasteiger partial charge on any atom is 0.261 e. The van der Waals surface area contributed by atoms with Gasteiger partial charge in [-0.3, -0.25) is 14.4 Å². The first kappa shape index (κ1) is 22.0. The summed E-state index contributed by atoms with van der Waals surface area (Å²) in [6, 6.07) is 25.0. The Kier molecular flexibility index (Phi) is 6.87. The molecule has 0 radical (unpaired) electrons. The van der Waals surface area contributed by atoms with Gasteiger partial charge in [0.1, 0.15) is 0 Å². The minimum absolute atomic E-state index is 0.113. The molecule has 1 unspecified atom stereocenters. The Hall–Kier alpha value is -3.16. The number of benzene rings is 3. The maximum atomic E-state index is 12.9. The highest BCUT2D eigenvalue weighted by Gasteiger charge is 2.24. The van der Waals surface area contributed by atoms with Crippen molar-refractivity contribution < 1.29 is 13.2 Å². The molecule has 1 aliphatic rings. The Labute approximate surface area is 189 Å². The summed E-state index contributed by atoms with van der Waals surface area (Å²) >= 11 is 0. The first-order valence-electron chi connectivity index (χ1n) is 10.8. The molecule has 0 aromatic heterocycles. The van der Waals surface area contributed by atoms with E-state index in [4.69, 9.17) is 0 Å². The van der Waals surface area contributed by atoms with Crippen LogP contribution in [0, 0.1) is 0 Å². The SMILES string of the molecule is O=C(NCC(c1ccccc1)N1CCCC1)c1cccc(NS(=O)(=O)c2ccccc2)c1. The summed E-state index contributed by atoms with van der Waals surface area (Å²) in [7, 11) is -3.72. The van der Waals surface area contributed by atoms with Gasteiger partial charge in [-0.2, -0.15) is 0 Å². The van der Waals surface area contributed by atoms with Gasteiger partial charge in [0, 0.05) is 17.8 Å². The van der Waals surface area contributed by atoms with Crippen LogP contribution in [0.25, 0.3) is 0 Å². The Morgan fingerprint density at radius 3 is 2.22 bits per heavy atom. The van der Waals surface area contributed by atoms with Crippen LogP contribution in [0.2, 0.25) is 0 Å². The predicted octanol–water partition coefficient (Wildman–Crippen LogP) is 4.05. The van der Waals surface area contributed by atoms with Crippen LogP contribution in [-0.4, -0.2) is 38.9 Å². The van der Waals surface area contributed by atoms with Gasteiger partial charge in [0.2, 0.25) is 0 Å². The molecule has 0 bridgehead atoms. The van der Waals surface area contributed by atoms with Gasteiger partial charge in [0.05, 0.1) is 10.9 Å². The lowest BCUT2D eigenvalue weighted by molar-refractivity contribution is 0.0938. The van der Waals surface area contributed by atoms with Crippen LogP contribution in [0.3, 0.4) is 0 Å². The van der Waals surface area contributed by atoms with Gasteiger partial charge in [0.15, 0.2) is 0 Å². The lowest BCUT2D eigenvalue weighted by Crippen LogP contribution is -2.36. The number of anilines is 1. The molecule has 6 nitrogen and oxygen atoms in total. The van der Waals surface area contributed by atoms with Crippen molar-refractivity contribution in [2.75, 3.05) is 24.4 Å². The van der Waals surface area contributed by atoms with E-state index in [0.717, 1.165) is 13.1 Å². The number of amides is 1. The van der Waals surface area contributed by atoms with Crippen LogP contribution in [0.5, 0.6) is 0 Å². The van der Waals surface area contributed by atoms with Gasteiger partial charge in [-0.05, 0) is 61.8 Å². The molecule has 1 atom stereocenters. The van der Waals surface area contributed by atoms with E-state index in [0.29, 0.717) is 17.8 Å². The standard InChI is InChI=1S/C25H27N3O3S/c29-25(26-19-24(28-16-7-8-17-28)20-10-3-1-4-11-20)21-12-9-13-22(18-21)27-32(30,31)23-14-5-2-6-15-23/h1-6,9-15,18,24,27H,7-8,16-17,19H2,(H,26,29). The van der Waals surface area contributed by atoms with Crippen molar-refractivity contribution in [1.29, 1.82) is 0 Å². The van der Waals surface area contributed by atoms with Gasteiger partial charge in [-0.15, -0.1) is 0 Å². The number of hydrogen-bond acceptors (Lipinski definition) is 4. The molecule has 166 valence electrons. The number of carbonyl (C=O) groups is 1. The number of sulfonamides is 1. The largest absolute Gasteiger partial charge is 0.350 e. The van der Waals surface area contributed by atoms with Crippen LogP contribution < -0.4 is 10.0 Å².